The quantitative estimate of drug-likeness (QED) is 0.215. The first-order valence-electron chi connectivity index (χ1n) is 12.7. The Hall–Kier alpha value is -3.10. The average Bonchev–Trinajstić information content (AvgIpc) is 3.34. The summed E-state index contributed by atoms with van der Waals surface area (Å²) in [6.45, 7) is 3.37. The smallest absolute Gasteiger partial charge is 0.226 e. The van der Waals surface area contributed by atoms with E-state index < -0.39 is 30.3 Å². The molecule has 0 aliphatic carbocycles. The molecule has 2 rings (SSSR count). The summed E-state index contributed by atoms with van der Waals surface area (Å²) in [6.07, 6.45) is 2.12. The fraction of sp³-hybridized carbons (Fsp3) is 0.593. The minimum atomic E-state index is -1.15. The van der Waals surface area contributed by atoms with Crippen molar-refractivity contribution in [1.29, 1.82) is 0 Å². The molecule has 1 amide bonds. The molecule has 1 aliphatic heterocycles. The molecule has 36 heavy (non-hydrogen) atoms. The summed E-state index contributed by atoms with van der Waals surface area (Å²) >= 11 is 0. The van der Waals surface area contributed by atoms with E-state index >= 15 is 0 Å². The van der Waals surface area contributed by atoms with Crippen LogP contribution in [-0.4, -0.2) is 59.9 Å². The van der Waals surface area contributed by atoms with E-state index in [1.807, 2.05) is 44.2 Å². The third kappa shape index (κ3) is 8.84. The summed E-state index contributed by atoms with van der Waals surface area (Å²) in [7, 11) is 0. The summed E-state index contributed by atoms with van der Waals surface area (Å²) in [5.41, 5.74) is 11.5. The number of ketones is 3. The average molecular weight is 503 g/mol. The molecule has 4 N–H and O–H groups in total. The van der Waals surface area contributed by atoms with Gasteiger partial charge in [0.1, 0.15) is 12.5 Å². The lowest BCUT2D eigenvalue weighted by molar-refractivity contribution is -0.144. The van der Waals surface area contributed by atoms with Gasteiger partial charge in [0, 0.05) is 44.2 Å². The third-order valence-electron chi connectivity index (χ3n) is 6.76. The number of hydrogen-bond acceptors (Lipinski definition) is 5. The lowest BCUT2D eigenvalue weighted by Crippen LogP contribution is -2.46. The number of carbonyl (C=O) groups excluding carboxylic acids is 4. The van der Waals surface area contributed by atoms with Crippen LogP contribution in [0.1, 0.15) is 57.9 Å². The van der Waals surface area contributed by atoms with Crippen LogP contribution in [0.4, 0.5) is 4.39 Å². The molecule has 1 fully saturated rings. The predicted octanol–water partition coefficient (Wildman–Crippen LogP) is 2.62. The van der Waals surface area contributed by atoms with Gasteiger partial charge < -0.3 is 16.4 Å². The van der Waals surface area contributed by atoms with E-state index in [1.54, 1.807) is 4.90 Å². The van der Waals surface area contributed by atoms with Gasteiger partial charge in [0.2, 0.25) is 5.91 Å². The van der Waals surface area contributed by atoms with Crippen LogP contribution in [0.5, 0.6) is 0 Å². The second-order valence-electron chi connectivity index (χ2n) is 9.86. The van der Waals surface area contributed by atoms with Crippen molar-refractivity contribution in [1.82, 2.24) is 4.90 Å². The number of alkyl halides is 1. The maximum absolute atomic E-state index is 13.5. The summed E-state index contributed by atoms with van der Waals surface area (Å²) in [5, 5.41) is 0. The van der Waals surface area contributed by atoms with Crippen LogP contribution in [0, 0.1) is 17.8 Å². The first-order valence-corrected chi connectivity index (χ1v) is 12.7. The number of benzene rings is 1. The minimum absolute atomic E-state index is 0.0234. The number of aliphatic imine (C=N–C) groups is 1. The summed E-state index contributed by atoms with van der Waals surface area (Å²) in [6, 6.07) is 8.73. The molecular weight excluding hydrogens is 463 g/mol. The molecule has 0 bridgehead atoms. The third-order valence-corrected chi connectivity index (χ3v) is 6.76. The van der Waals surface area contributed by atoms with Gasteiger partial charge in [-0.15, -0.1) is 0 Å². The molecule has 0 saturated carbocycles. The molecule has 0 radical (unpaired) electrons. The monoisotopic (exact) mass is 502 g/mol. The van der Waals surface area contributed by atoms with Gasteiger partial charge in [-0.25, -0.2) is 4.39 Å². The zero-order chi connectivity index (χ0) is 26.7. The van der Waals surface area contributed by atoms with E-state index in [-0.39, 0.29) is 61.6 Å². The van der Waals surface area contributed by atoms with Crippen molar-refractivity contribution in [3.63, 3.8) is 0 Å². The Balaban J connectivity index is 2.05. The molecular formula is C27H39FN4O4. The number of likely N-dealkylation sites (tertiary alicyclic amines) is 1. The summed E-state index contributed by atoms with van der Waals surface area (Å²) in [5.74, 6) is -2.55. The van der Waals surface area contributed by atoms with Crippen LogP contribution in [0.15, 0.2) is 35.3 Å². The number of nitrogens with zero attached hydrogens (tertiary/aromatic N) is 2. The van der Waals surface area contributed by atoms with Crippen molar-refractivity contribution in [2.45, 2.75) is 64.8 Å². The zero-order valence-electron chi connectivity index (χ0n) is 21.3. The Morgan fingerprint density at radius 1 is 1.11 bits per heavy atom. The van der Waals surface area contributed by atoms with E-state index in [4.69, 9.17) is 11.5 Å². The van der Waals surface area contributed by atoms with Crippen molar-refractivity contribution >= 4 is 29.2 Å². The number of nitrogens with two attached hydrogens (primary N) is 2. The van der Waals surface area contributed by atoms with Gasteiger partial charge in [0.25, 0.3) is 0 Å². The summed E-state index contributed by atoms with van der Waals surface area (Å²) < 4.78 is 13.2. The fourth-order valence-electron chi connectivity index (χ4n) is 4.74. The Kier molecular flexibility index (Phi) is 11.7. The van der Waals surface area contributed by atoms with E-state index in [9.17, 15) is 23.6 Å². The lowest BCUT2D eigenvalue weighted by Gasteiger charge is -2.30. The lowest BCUT2D eigenvalue weighted by atomic mass is 9.87. The number of Topliss-reactive ketones (excluding diaryl/α,β-unsaturated/α-hetero) is 3. The predicted molar refractivity (Wildman–Crippen MR) is 137 cm³/mol. The first kappa shape index (κ1) is 29.1. The van der Waals surface area contributed by atoms with Gasteiger partial charge in [-0.3, -0.25) is 24.2 Å². The highest BCUT2D eigenvalue weighted by Crippen LogP contribution is 2.28. The van der Waals surface area contributed by atoms with Gasteiger partial charge in [0.15, 0.2) is 17.5 Å². The Morgan fingerprint density at radius 3 is 2.42 bits per heavy atom. The highest BCUT2D eigenvalue weighted by atomic mass is 19.1. The maximum Gasteiger partial charge on any atom is 0.226 e. The normalized spacial score (nSPS) is 17.0. The van der Waals surface area contributed by atoms with Crippen molar-refractivity contribution in [2.24, 2.45) is 34.2 Å². The van der Waals surface area contributed by atoms with Crippen molar-refractivity contribution in [3.8, 4) is 0 Å². The highest BCUT2D eigenvalue weighted by Gasteiger charge is 2.39. The van der Waals surface area contributed by atoms with Crippen LogP contribution in [-0.2, 0) is 25.6 Å². The Morgan fingerprint density at radius 2 is 1.81 bits per heavy atom. The minimum Gasteiger partial charge on any atom is -0.370 e. The number of carbonyl (C=O) groups is 4. The van der Waals surface area contributed by atoms with Crippen molar-refractivity contribution in [2.75, 3.05) is 19.8 Å². The molecule has 1 saturated heterocycles. The molecule has 8 nitrogen and oxygen atoms in total. The van der Waals surface area contributed by atoms with Crippen LogP contribution in [0.25, 0.3) is 0 Å². The van der Waals surface area contributed by atoms with E-state index in [2.05, 4.69) is 4.99 Å². The van der Waals surface area contributed by atoms with Crippen LogP contribution in [0.2, 0.25) is 0 Å². The fourth-order valence-corrected chi connectivity index (χ4v) is 4.74. The number of amides is 1. The van der Waals surface area contributed by atoms with E-state index in [1.165, 1.54) is 0 Å². The molecule has 1 aromatic carbocycles. The van der Waals surface area contributed by atoms with Gasteiger partial charge >= 0.3 is 0 Å². The molecule has 0 unspecified atom stereocenters. The maximum atomic E-state index is 13.5. The highest BCUT2D eigenvalue weighted by molar-refractivity contribution is 5.95. The Bertz CT molecular complexity index is 931. The number of rotatable bonds is 15. The van der Waals surface area contributed by atoms with Crippen LogP contribution >= 0.6 is 0 Å². The van der Waals surface area contributed by atoms with Crippen molar-refractivity contribution < 1.29 is 23.6 Å². The number of hydrogen-bond donors (Lipinski definition) is 2. The van der Waals surface area contributed by atoms with Crippen LogP contribution < -0.4 is 11.5 Å². The summed E-state index contributed by atoms with van der Waals surface area (Å²) in [4.78, 5) is 57.0. The first-order chi connectivity index (χ1) is 17.1. The molecule has 3 atom stereocenters. The number of halogens is 1. The Labute approximate surface area is 212 Å². The molecule has 1 aromatic rings. The largest absolute Gasteiger partial charge is 0.370 e. The van der Waals surface area contributed by atoms with Gasteiger partial charge in [-0.2, -0.15) is 0 Å². The number of guanidine groups is 1. The molecule has 9 heteroatoms. The SMILES string of the molecule is CC(C)[C@H](CC(=O)Cc1ccccc1)C(=O)N1CCC[C@H]1C(=O)C[C@@H](CCCN=C(N)N)C(=O)CF. The van der Waals surface area contributed by atoms with Gasteiger partial charge in [-0.05, 0) is 37.2 Å². The van der Waals surface area contributed by atoms with E-state index in [0.717, 1.165) is 5.56 Å². The molecule has 1 aliphatic rings. The zero-order valence-corrected chi connectivity index (χ0v) is 21.3. The van der Waals surface area contributed by atoms with Gasteiger partial charge in [0.05, 0.1) is 6.04 Å². The second-order valence-corrected chi connectivity index (χ2v) is 9.86. The van der Waals surface area contributed by atoms with E-state index in [0.29, 0.717) is 25.8 Å². The molecule has 0 spiro atoms. The second kappa shape index (κ2) is 14.5. The topological polar surface area (TPSA) is 136 Å². The molecule has 0 aromatic heterocycles. The standard InChI is InChI=1S/C27H39FN4O4/c1-18(2)22(16-21(33)14-19-8-4-3-5-9-19)26(36)32-13-7-11-23(32)24(34)15-20(25(35)17-28)10-6-12-31-27(29)30/h3-5,8-9,18,20,22-23H,6-7,10-17H2,1-2H3,(H4,29,30,31)/t20-,22+,23+/m1/s1. The van der Waals surface area contributed by atoms with Crippen molar-refractivity contribution in [3.05, 3.63) is 35.9 Å². The molecule has 1 heterocycles. The van der Waals surface area contributed by atoms with Crippen LogP contribution in [0.3, 0.4) is 0 Å². The van der Waals surface area contributed by atoms with Gasteiger partial charge in [-0.1, -0.05) is 44.2 Å². The molecule has 198 valence electrons.